The zero-order chi connectivity index (χ0) is 6.69. The van der Waals surface area contributed by atoms with Gasteiger partial charge in [-0.25, -0.2) is 0 Å². The molecule has 0 fully saturated rings. The van der Waals surface area contributed by atoms with Gasteiger partial charge in [-0.1, -0.05) is 0 Å². The fourth-order valence-corrected chi connectivity index (χ4v) is 0.944. The summed E-state index contributed by atoms with van der Waals surface area (Å²) in [5.41, 5.74) is 0. The monoisotopic (exact) mass is 142 g/mol. The Morgan fingerprint density at radius 3 is 2.89 bits per heavy atom. The van der Waals surface area contributed by atoms with Crippen LogP contribution in [0.3, 0.4) is 0 Å². The number of nitrogens with zero attached hydrogens (tertiary/aromatic N) is 2. The van der Waals surface area contributed by atoms with Gasteiger partial charge in [-0.2, -0.15) is 5.10 Å². The highest BCUT2D eigenvalue weighted by molar-refractivity contribution is 7.98. The number of rotatable bonds is 2. The summed E-state index contributed by atoms with van der Waals surface area (Å²) < 4.78 is 1.94. The van der Waals surface area contributed by atoms with Crippen LogP contribution in [0.25, 0.3) is 0 Å². The van der Waals surface area contributed by atoms with E-state index in [2.05, 4.69) is 18.3 Å². The molecule has 0 amide bonds. The molecule has 50 valence electrons. The Labute approximate surface area is 59.3 Å². The second-order valence-corrected chi connectivity index (χ2v) is 2.97. The maximum Gasteiger partial charge on any atom is 0.0939 e. The first-order chi connectivity index (χ1) is 4.34. The minimum Gasteiger partial charge on any atom is -0.260 e. The van der Waals surface area contributed by atoms with Crippen molar-refractivity contribution in [1.82, 2.24) is 9.78 Å². The lowest BCUT2D eigenvalue weighted by molar-refractivity contribution is 0.643. The van der Waals surface area contributed by atoms with Crippen molar-refractivity contribution < 1.29 is 0 Å². The van der Waals surface area contributed by atoms with E-state index in [1.54, 1.807) is 18.0 Å². The minimum atomic E-state index is 0.458. The van der Waals surface area contributed by atoms with E-state index in [0.29, 0.717) is 5.37 Å². The Bertz CT molecular complexity index is 160. The van der Waals surface area contributed by atoms with Crippen LogP contribution < -0.4 is 0 Å². The molecule has 1 aromatic heterocycles. The minimum absolute atomic E-state index is 0.458. The Morgan fingerprint density at radius 2 is 2.44 bits per heavy atom. The van der Waals surface area contributed by atoms with Gasteiger partial charge >= 0.3 is 0 Å². The molecule has 9 heavy (non-hydrogen) atoms. The average molecular weight is 142 g/mol. The van der Waals surface area contributed by atoms with Gasteiger partial charge in [0.05, 0.1) is 5.37 Å². The van der Waals surface area contributed by atoms with E-state index < -0.39 is 0 Å². The molecule has 1 atom stereocenters. The Balaban J connectivity index is 2.65. The van der Waals surface area contributed by atoms with Crippen molar-refractivity contribution in [3.63, 3.8) is 0 Å². The first kappa shape index (κ1) is 6.68. The Hall–Kier alpha value is -0.440. The lowest BCUT2D eigenvalue weighted by atomic mass is 10.7. The third-order valence-electron chi connectivity index (χ3n) is 1.24. The van der Waals surface area contributed by atoms with Crippen LogP contribution in [-0.4, -0.2) is 16.0 Å². The molecule has 0 aliphatic rings. The summed E-state index contributed by atoms with van der Waals surface area (Å²) in [4.78, 5) is 0. The van der Waals surface area contributed by atoms with E-state index in [1.807, 2.05) is 16.9 Å². The van der Waals surface area contributed by atoms with E-state index in [0.717, 1.165) is 0 Å². The number of hydrogen-bond acceptors (Lipinski definition) is 2. The van der Waals surface area contributed by atoms with E-state index in [1.165, 1.54) is 0 Å². The summed E-state index contributed by atoms with van der Waals surface area (Å²) in [7, 11) is 0. The van der Waals surface area contributed by atoms with E-state index in [9.17, 15) is 0 Å². The van der Waals surface area contributed by atoms with Crippen molar-refractivity contribution >= 4 is 11.8 Å². The maximum atomic E-state index is 4.08. The standard InChI is InChI=1S/C6H10N2S/c1-6(9-2)8-5-3-4-7-8/h3-6H,1-2H3. The lowest BCUT2D eigenvalue weighted by Gasteiger charge is -2.06. The molecule has 0 saturated heterocycles. The van der Waals surface area contributed by atoms with Gasteiger partial charge < -0.3 is 0 Å². The number of hydrogen-bond donors (Lipinski definition) is 0. The predicted molar refractivity (Wildman–Crippen MR) is 40.5 cm³/mol. The van der Waals surface area contributed by atoms with Crippen molar-refractivity contribution in [2.45, 2.75) is 12.3 Å². The second kappa shape index (κ2) is 2.92. The molecule has 0 bridgehead atoms. The normalized spacial score (nSPS) is 13.6. The Morgan fingerprint density at radius 1 is 1.67 bits per heavy atom. The highest BCUT2D eigenvalue weighted by Gasteiger charge is 1.98. The van der Waals surface area contributed by atoms with Crippen molar-refractivity contribution in [2.75, 3.05) is 6.26 Å². The second-order valence-electron chi connectivity index (χ2n) is 1.82. The topological polar surface area (TPSA) is 17.8 Å². The van der Waals surface area contributed by atoms with Gasteiger partial charge in [-0.15, -0.1) is 11.8 Å². The molecule has 0 radical (unpaired) electrons. The van der Waals surface area contributed by atoms with Crippen LogP contribution in [0.4, 0.5) is 0 Å². The van der Waals surface area contributed by atoms with Crippen LogP contribution in [-0.2, 0) is 0 Å². The molecule has 0 aliphatic heterocycles. The van der Waals surface area contributed by atoms with Crippen LogP contribution in [0.1, 0.15) is 12.3 Å². The van der Waals surface area contributed by atoms with Gasteiger partial charge in [-0.3, -0.25) is 4.68 Å². The van der Waals surface area contributed by atoms with Crippen molar-refractivity contribution in [2.24, 2.45) is 0 Å². The molecule has 0 aliphatic carbocycles. The van der Waals surface area contributed by atoms with Crippen LogP contribution in [0.15, 0.2) is 18.5 Å². The van der Waals surface area contributed by atoms with Crippen molar-refractivity contribution in [1.29, 1.82) is 0 Å². The van der Waals surface area contributed by atoms with E-state index in [4.69, 9.17) is 0 Å². The molecule has 0 spiro atoms. The molecule has 1 aromatic rings. The molecule has 2 nitrogen and oxygen atoms in total. The summed E-state index contributed by atoms with van der Waals surface area (Å²) in [6, 6.07) is 1.94. The SMILES string of the molecule is CSC(C)n1cccn1. The smallest absolute Gasteiger partial charge is 0.0939 e. The first-order valence-electron chi connectivity index (χ1n) is 2.86. The Kier molecular flexibility index (Phi) is 2.16. The molecule has 1 rings (SSSR count). The third-order valence-corrected chi connectivity index (χ3v) is 2.14. The highest BCUT2D eigenvalue weighted by Crippen LogP contribution is 2.15. The predicted octanol–water partition coefficient (Wildman–Crippen LogP) is 1.76. The van der Waals surface area contributed by atoms with Crippen LogP contribution >= 0.6 is 11.8 Å². The quantitative estimate of drug-likeness (QED) is 0.626. The molecular formula is C6H10N2S. The summed E-state index contributed by atoms with van der Waals surface area (Å²) in [6.07, 6.45) is 5.85. The van der Waals surface area contributed by atoms with Gasteiger partial charge in [0, 0.05) is 12.4 Å². The van der Waals surface area contributed by atoms with Gasteiger partial charge in [-0.05, 0) is 19.2 Å². The summed E-state index contributed by atoms with van der Waals surface area (Å²) in [5.74, 6) is 0. The van der Waals surface area contributed by atoms with E-state index in [-0.39, 0.29) is 0 Å². The zero-order valence-corrected chi connectivity index (χ0v) is 6.43. The molecule has 0 saturated carbocycles. The van der Waals surface area contributed by atoms with E-state index >= 15 is 0 Å². The molecule has 0 aromatic carbocycles. The summed E-state index contributed by atoms with van der Waals surface area (Å²) in [5, 5.41) is 4.54. The molecule has 3 heteroatoms. The van der Waals surface area contributed by atoms with Crippen molar-refractivity contribution in [3.05, 3.63) is 18.5 Å². The van der Waals surface area contributed by atoms with Gasteiger partial charge in [0.2, 0.25) is 0 Å². The van der Waals surface area contributed by atoms with Gasteiger partial charge in [0.25, 0.3) is 0 Å². The highest BCUT2D eigenvalue weighted by atomic mass is 32.2. The zero-order valence-electron chi connectivity index (χ0n) is 5.61. The fraction of sp³-hybridized carbons (Fsp3) is 0.500. The fourth-order valence-electron chi connectivity index (χ4n) is 0.604. The first-order valence-corrected chi connectivity index (χ1v) is 4.15. The largest absolute Gasteiger partial charge is 0.260 e. The van der Waals surface area contributed by atoms with Crippen LogP contribution in [0.2, 0.25) is 0 Å². The number of aromatic nitrogens is 2. The van der Waals surface area contributed by atoms with Gasteiger partial charge in [0.1, 0.15) is 0 Å². The third kappa shape index (κ3) is 1.48. The lowest BCUT2D eigenvalue weighted by Crippen LogP contribution is -1.99. The van der Waals surface area contributed by atoms with Crippen molar-refractivity contribution in [3.8, 4) is 0 Å². The average Bonchev–Trinajstić information content (AvgIpc) is 2.37. The van der Waals surface area contributed by atoms with Crippen LogP contribution in [0.5, 0.6) is 0 Å². The molecular weight excluding hydrogens is 132 g/mol. The molecule has 0 N–H and O–H groups in total. The van der Waals surface area contributed by atoms with Crippen LogP contribution in [0, 0.1) is 0 Å². The molecule has 1 unspecified atom stereocenters. The maximum absolute atomic E-state index is 4.08. The van der Waals surface area contributed by atoms with Gasteiger partial charge in [0.15, 0.2) is 0 Å². The summed E-state index contributed by atoms with van der Waals surface area (Å²) in [6.45, 7) is 2.12. The number of thioether (sulfide) groups is 1. The molecule has 1 heterocycles. The summed E-state index contributed by atoms with van der Waals surface area (Å²) >= 11 is 1.78.